The fourth-order valence-electron chi connectivity index (χ4n) is 5.53. The van der Waals surface area contributed by atoms with Crippen molar-refractivity contribution < 1.29 is 28.2 Å². The number of amides is 1. The Morgan fingerprint density at radius 2 is 1.36 bits per heavy atom. The van der Waals surface area contributed by atoms with E-state index in [1.807, 2.05) is 9.80 Å². The molecule has 2 aromatic carbocycles. The van der Waals surface area contributed by atoms with E-state index in [1.165, 1.54) is 30.3 Å². The summed E-state index contributed by atoms with van der Waals surface area (Å²) in [4.78, 5) is 30.6. The Morgan fingerprint density at radius 3 is 1.93 bits per heavy atom. The molecule has 15 nitrogen and oxygen atoms in total. The monoisotopic (exact) mass is 613 g/mol. The number of hydrogen-bond acceptors (Lipinski definition) is 14. The van der Waals surface area contributed by atoms with Crippen LogP contribution in [0, 0.1) is 0 Å². The molecule has 6 rings (SSSR count). The number of phenols is 1. The zero-order valence-electron chi connectivity index (χ0n) is 23.5. The van der Waals surface area contributed by atoms with Crippen LogP contribution in [0.4, 0.5) is 38.0 Å². The number of rotatable bonds is 6. The van der Waals surface area contributed by atoms with E-state index in [9.17, 15) is 18.7 Å². The van der Waals surface area contributed by atoms with Crippen molar-refractivity contribution in [2.75, 3.05) is 46.6 Å². The van der Waals surface area contributed by atoms with Crippen LogP contribution in [0.2, 0.25) is 0 Å². The van der Waals surface area contributed by atoms with Gasteiger partial charge < -0.3 is 57.9 Å². The molecular weight excluding hydrogens is 580 g/mol. The summed E-state index contributed by atoms with van der Waals surface area (Å²) >= 11 is 0. The van der Waals surface area contributed by atoms with Gasteiger partial charge in [0.25, 0.3) is 5.91 Å². The van der Waals surface area contributed by atoms with Crippen molar-refractivity contribution in [2.45, 2.75) is 43.3 Å². The molecule has 11 N–H and O–H groups in total. The quantitative estimate of drug-likeness (QED) is 0.202. The highest BCUT2D eigenvalue weighted by atomic mass is 19.3. The third-order valence-corrected chi connectivity index (χ3v) is 7.37. The Bertz CT molecular complexity index is 1500. The van der Waals surface area contributed by atoms with Crippen LogP contribution in [0.25, 0.3) is 0 Å². The molecule has 4 atom stereocenters. The molecule has 1 amide bonds. The standard InChI is InChI=1S/C27H33F2N11O4/c28-27(29)43-21-4-2-18(8-22(21)44-27)34-23(42)19-3-1-17(7-20(19)41)35-24-36-25(39-9-13(30)5-14(31)10-39)38-26(37-24)40-11-15(32)6-16(33)12-40/h1-4,7-8,13-16,41H,5-6,9-12,30-33H2,(H,34,42)(H,35,36,37,38)/t13-,14+,15-,16+. The lowest BCUT2D eigenvalue weighted by atomic mass is 10.0. The molecule has 0 aliphatic carbocycles. The van der Waals surface area contributed by atoms with Gasteiger partial charge in [-0.05, 0) is 37.1 Å². The Hall–Kier alpha value is -4.58. The Balaban J connectivity index is 1.22. The zero-order valence-corrected chi connectivity index (χ0v) is 23.5. The fraction of sp³-hybridized carbons (Fsp3) is 0.407. The number of benzene rings is 2. The number of carbonyl (C=O) groups is 1. The number of halogens is 2. The molecule has 3 aromatic rings. The normalized spacial score (nSPS) is 24.2. The van der Waals surface area contributed by atoms with Gasteiger partial charge in [-0.2, -0.15) is 15.0 Å². The summed E-state index contributed by atoms with van der Waals surface area (Å²) in [6.07, 6.45) is -2.43. The van der Waals surface area contributed by atoms with Gasteiger partial charge in [0.1, 0.15) is 5.75 Å². The van der Waals surface area contributed by atoms with Crippen molar-refractivity contribution >= 4 is 35.1 Å². The van der Waals surface area contributed by atoms with Crippen LogP contribution in [0.3, 0.4) is 0 Å². The molecule has 4 heterocycles. The number of phenolic OH excluding ortho intramolecular Hbond substituents is 1. The molecule has 2 saturated heterocycles. The average Bonchev–Trinajstić information content (AvgIpc) is 3.25. The Kier molecular flexibility index (Phi) is 7.70. The largest absolute Gasteiger partial charge is 0.586 e. The number of nitrogens with zero attached hydrogens (tertiary/aromatic N) is 5. The second kappa shape index (κ2) is 11.5. The van der Waals surface area contributed by atoms with Crippen molar-refractivity contribution in [3.8, 4) is 17.2 Å². The summed E-state index contributed by atoms with van der Waals surface area (Å²) in [7, 11) is 0. The van der Waals surface area contributed by atoms with Crippen LogP contribution < -0.4 is 52.8 Å². The van der Waals surface area contributed by atoms with E-state index in [0.717, 1.165) is 0 Å². The minimum atomic E-state index is -3.78. The van der Waals surface area contributed by atoms with Gasteiger partial charge in [-0.15, -0.1) is 8.78 Å². The van der Waals surface area contributed by atoms with Crippen LogP contribution in [0.15, 0.2) is 36.4 Å². The molecule has 234 valence electrons. The van der Waals surface area contributed by atoms with Crippen LogP contribution >= 0.6 is 0 Å². The maximum Gasteiger partial charge on any atom is 0.586 e. The predicted molar refractivity (Wildman–Crippen MR) is 157 cm³/mol. The number of aromatic nitrogens is 3. The highest BCUT2D eigenvalue weighted by Gasteiger charge is 2.43. The molecule has 0 spiro atoms. The van der Waals surface area contributed by atoms with E-state index in [2.05, 4.69) is 30.1 Å². The fourth-order valence-corrected chi connectivity index (χ4v) is 5.53. The number of anilines is 5. The van der Waals surface area contributed by atoms with Gasteiger partial charge in [0.15, 0.2) is 11.5 Å². The molecule has 0 radical (unpaired) electrons. The first-order valence-corrected chi connectivity index (χ1v) is 14.0. The second-order valence-corrected chi connectivity index (χ2v) is 11.2. The molecule has 44 heavy (non-hydrogen) atoms. The first kappa shape index (κ1) is 29.5. The molecule has 17 heteroatoms. The van der Waals surface area contributed by atoms with Crippen LogP contribution in [0.1, 0.15) is 23.2 Å². The van der Waals surface area contributed by atoms with E-state index >= 15 is 0 Å². The number of carbonyl (C=O) groups excluding carboxylic acids is 1. The minimum absolute atomic E-state index is 0.0665. The van der Waals surface area contributed by atoms with Gasteiger partial charge in [0.05, 0.1) is 5.56 Å². The summed E-state index contributed by atoms with van der Waals surface area (Å²) in [6, 6.07) is 7.48. The lowest BCUT2D eigenvalue weighted by molar-refractivity contribution is -0.286. The van der Waals surface area contributed by atoms with Gasteiger partial charge in [0.2, 0.25) is 17.8 Å². The molecule has 0 unspecified atom stereocenters. The summed E-state index contributed by atoms with van der Waals surface area (Å²) in [5.74, 6) is -0.494. The average molecular weight is 614 g/mol. The van der Waals surface area contributed by atoms with E-state index < -0.39 is 12.2 Å². The van der Waals surface area contributed by atoms with Gasteiger partial charge in [-0.1, -0.05) is 0 Å². The van der Waals surface area contributed by atoms with Crippen LogP contribution in [-0.4, -0.2) is 82.6 Å². The highest BCUT2D eigenvalue weighted by Crippen LogP contribution is 2.42. The SMILES string of the molecule is N[C@@H]1C[C@H](N)CN(c2nc(Nc3ccc(C(=O)Nc4ccc5c(c4)OC(F)(F)O5)c(O)c3)nc(N3C[C@H](N)C[C@H](N)C3)n2)C1. The van der Waals surface area contributed by atoms with Crippen molar-refractivity contribution in [1.29, 1.82) is 0 Å². The minimum Gasteiger partial charge on any atom is -0.507 e. The Labute approximate surface area is 250 Å². The molecule has 3 aliphatic rings. The number of ether oxygens (including phenoxy) is 2. The number of hydrogen-bond donors (Lipinski definition) is 7. The van der Waals surface area contributed by atoms with Crippen molar-refractivity contribution in [3.05, 3.63) is 42.0 Å². The van der Waals surface area contributed by atoms with E-state index in [1.54, 1.807) is 6.07 Å². The first-order chi connectivity index (χ1) is 20.9. The van der Waals surface area contributed by atoms with Crippen LogP contribution in [-0.2, 0) is 0 Å². The zero-order chi connectivity index (χ0) is 31.2. The van der Waals surface area contributed by atoms with Gasteiger partial charge in [0, 0.05) is 73.9 Å². The maximum absolute atomic E-state index is 13.3. The first-order valence-electron chi connectivity index (χ1n) is 14.0. The number of nitrogens with one attached hydrogen (secondary N) is 2. The molecule has 1 aromatic heterocycles. The third-order valence-electron chi connectivity index (χ3n) is 7.37. The number of nitrogens with two attached hydrogens (primary N) is 4. The van der Waals surface area contributed by atoms with Gasteiger partial charge in [-0.3, -0.25) is 4.79 Å². The predicted octanol–water partition coefficient (Wildman–Crippen LogP) is 0.624. The molecular formula is C27H33F2N11O4. The molecule has 0 saturated carbocycles. The summed E-state index contributed by atoms with van der Waals surface area (Å²) in [5, 5.41) is 16.3. The topological polar surface area (TPSA) is 229 Å². The maximum atomic E-state index is 13.3. The number of alkyl halides is 2. The van der Waals surface area contributed by atoms with E-state index in [0.29, 0.717) is 56.6 Å². The molecule has 2 fully saturated rings. The second-order valence-electron chi connectivity index (χ2n) is 11.2. The Morgan fingerprint density at radius 1 is 0.818 bits per heavy atom. The van der Waals surface area contributed by atoms with Crippen molar-refractivity contribution in [3.63, 3.8) is 0 Å². The summed E-state index contributed by atoms with van der Waals surface area (Å²) in [5.41, 5.74) is 25.3. The third kappa shape index (κ3) is 6.49. The summed E-state index contributed by atoms with van der Waals surface area (Å²) < 4.78 is 35.4. The van der Waals surface area contributed by atoms with Crippen LogP contribution in [0.5, 0.6) is 17.2 Å². The molecule has 0 bridgehead atoms. The molecule has 3 aliphatic heterocycles. The highest BCUT2D eigenvalue weighted by molar-refractivity contribution is 6.06. The number of piperidine rings is 2. The smallest absolute Gasteiger partial charge is 0.507 e. The van der Waals surface area contributed by atoms with Crippen molar-refractivity contribution in [1.82, 2.24) is 15.0 Å². The number of fused-ring (bicyclic) bond motifs is 1. The van der Waals surface area contributed by atoms with E-state index in [-0.39, 0.29) is 58.6 Å². The number of aromatic hydroxyl groups is 1. The van der Waals surface area contributed by atoms with E-state index in [4.69, 9.17) is 27.9 Å². The lowest BCUT2D eigenvalue weighted by Crippen LogP contribution is -2.54. The van der Waals surface area contributed by atoms with Crippen molar-refractivity contribution in [2.24, 2.45) is 22.9 Å². The van der Waals surface area contributed by atoms with Gasteiger partial charge >= 0.3 is 6.29 Å². The van der Waals surface area contributed by atoms with Gasteiger partial charge in [-0.25, -0.2) is 0 Å². The lowest BCUT2D eigenvalue weighted by Gasteiger charge is -2.37. The summed E-state index contributed by atoms with van der Waals surface area (Å²) in [6.45, 7) is 2.02.